The molecule has 0 saturated carbocycles. The zero-order valence-electron chi connectivity index (χ0n) is 8.50. The maximum absolute atomic E-state index is 2.41. The summed E-state index contributed by atoms with van der Waals surface area (Å²) in [5.74, 6) is 0. The van der Waals surface area contributed by atoms with Crippen LogP contribution in [0.5, 0.6) is 0 Å². The van der Waals surface area contributed by atoms with Gasteiger partial charge in [0.05, 0.1) is 0 Å². The van der Waals surface area contributed by atoms with Crippen LogP contribution in [0.4, 0.5) is 0 Å². The molecule has 0 heteroatoms. The second kappa shape index (κ2) is 6.71. The molecule has 0 saturated heterocycles. The van der Waals surface area contributed by atoms with Crippen molar-refractivity contribution < 1.29 is 0 Å². The fraction of sp³-hybridized carbons (Fsp3) is 0.462. The van der Waals surface area contributed by atoms with Crippen molar-refractivity contribution in [3.8, 4) is 0 Å². The molecule has 0 atom stereocenters. The Labute approximate surface area is 82.0 Å². The van der Waals surface area contributed by atoms with Crippen LogP contribution in [0.25, 0.3) is 0 Å². The third-order valence-electron chi connectivity index (χ3n) is 2.21. The normalized spacial score (nSPS) is 10.2. The van der Waals surface area contributed by atoms with E-state index in [2.05, 4.69) is 43.7 Å². The van der Waals surface area contributed by atoms with Crippen LogP contribution in [0, 0.1) is 6.42 Å². The number of benzene rings is 1. The monoisotopic (exact) mass is 175 g/mol. The first-order valence-corrected chi connectivity index (χ1v) is 5.29. The Balaban J connectivity index is 2.07. The second-order valence-electron chi connectivity index (χ2n) is 3.46. The van der Waals surface area contributed by atoms with Crippen molar-refractivity contribution in [1.82, 2.24) is 0 Å². The predicted octanol–water partition coefficient (Wildman–Crippen LogP) is 4.01. The van der Waals surface area contributed by atoms with Crippen molar-refractivity contribution in [1.29, 1.82) is 0 Å². The Hall–Kier alpha value is -0.780. The first kappa shape index (κ1) is 10.3. The largest absolute Gasteiger partial charge is 0.0654 e. The summed E-state index contributed by atoms with van der Waals surface area (Å²) in [4.78, 5) is 0. The fourth-order valence-electron chi connectivity index (χ4n) is 1.44. The lowest BCUT2D eigenvalue weighted by Gasteiger charge is -2.00. The van der Waals surface area contributed by atoms with Crippen molar-refractivity contribution >= 4 is 0 Å². The molecule has 1 radical (unpaired) electrons. The third kappa shape index (κ3) is 4.72. The standard InChI is InChI=1S/C13H19/c1-2-3-4-5-7-10-13-11-8-6-9-12-13/h4,6,8-9,11-12H,2-3,5,7,10H2,1H3. The Morgan fingerprint density at radius 1 is 1.08 bits per heavy atom. The molecule has 1 rings (SSSR count). The van der Waals surface area contributed by atoms with E-state index in [0.717, 1.165) is 0 Å². The first-order valence-electron chi connectivity index (χ1n) is 5.29. The van der Waals surface area contributed by atoms with Crippen LogP contribution in [0.1, 0.15) is 38.2 Å². The Kier molecular flexibility index (Phi) is 5.31. The molecular weight excluding hydrogens is 156 g/mol. The summed E-state index contributed by atoms with van der Waals surface area (Å²) in [6.07, 6.45) is 8.75. The van der Waals surface area contributed by atoms with Gasteiger partial charge in [-0.05, 0) is 31.2 Å². The summed E-state index contributed by atoms with van der Waals surface area (Å²) in [6.45, 7) is 2.23. The molecule has 0 bridgehead atoms. The highest BCUT2D eigenvalue weighted by Crippen LogP contribution is 2.07. The number of aryl methyl sites for hydroxylation is 1. The minimum Gasteiger partial charge on any atom is -0.0654 e. The van der Waals surface area contributed by atoms with Gasteiger partial charge < -0.3 is 0 Å². The van der Waals surface area contributed by atoms with Crippen LogP contribution in [-0.4, -0.2) is 0 Å². The molecule has 0 heterocycles. The van der Waals surface area contributed by atoms with Gasteiger partial charge in [-0.1, -0.05) is 50.1 Å². The van der Waals surface area contributed by atoms with E-state index < -0.39 is 0 Å². The molecule has 1 aromatic rings. The predicted molar refractivity (Wildman–Crippen MR) is 58.6 cm³/mol. The van der Waals surface area contributed by atoms with E-state index in [9.17, 15) is 0 Å². The lowest BCUT2D eigenvalue weighted by atomic mass is 10.1. The molecule has 0 aliphatic heterocycles. The highest BCUT2D eigenvalue weighted by atomic mass is 14.0. The summed E-state index contributed by atoms with van der Waals surface area (Å²) < 4.78 is 0. The van der Waals surface area contributed by atoms with Crippen LogP contribution in [0.2, 0.25) is 0 Å². The minimum absolute atomic E-state index is 1.22. The van der Waals surface area contributed by atoms with Gasteiger partial charge in [0, 0.05) is 0 Å². The molecule has 0 unspecified atom stereocenters. The summed E-state index contributed by atoms with van der Waals surface area (Å²) >= 11 is 0. The van der Waals surface area contributed by atoms with E-state index in [-0.39, 0.29) is 0 Å². The highest BCUT2D eigenvalue weighted by Gasteiger charge is 1.91. The van der Waals surface area contributed by atoms with E-state index >= 15 is 0 Å². The average molecular weight is 175 g/mol. The molecule has 1 aromatic carbocycles. The summed E-state index contributed by atoms with van der Waals surface area (Å²) in [5, 5.41) is 0. The Morgan fingerprint density at radius 2 is 1.85 bits per heavy atom. The SMILES string of the molecule is CCC[CH]CCCc1ccccc1. The van der Waals surface area contributed by atoms with Crippen molar-refractivity contribution in [3.05, 3.63) is 42.3 Å². The van der Waals surface area contributed by atoms with Crippen LogP contribution < -0.4 is 0 Å². The molecule has 0 amide bonds. The van der Waals surface area contributed by atoms with Crippen LogP contribution >= 0.6 is 0 Å². The maximum atomic E-state index is 2.41. The first-order chi connectivity index (χ1) is 6.43. The van der Waals surface area contributed by atoms with E-state index in [1.807, 2.05) is 0 Å². The molecule has 0 aliphatic carbocycles. The molecule has 0 spiro atoms. The number of unbranched alkanes of at least 4 members (excludes halogenated alkanes) is 4. The van der Waals surface area contributed by atoms with Gasteiger partial charge in [-0.25, -0.2) is 0 Å². The summed E-state index contributed by atoms with van der Waals surface area (Å²) in [5.41, 5.74) is 1.47. The molecule has 71 valence electrons. The zero-order chi connectivity index (χ0) is 9.36. The Morgan fingerprint density at radius 3 is 2.54 bits per heavy atom. The molecular formula is C13H19. The smallest absolute Gasteiger partial charge is 0.0279 e. The Bertz CT molecular complexity index is 201. The summed E-state index contributed by atoms with van der Waals surface area (Å²) in [7, 11) is 0. The van der Waals surface area contributed by atoms with E-state index in [0.29, 0.717) is 0 Å². The number of hydrogen-bond acceptors (Lipinski definition) is 0. The van der Waals surface area contributed by atoms with Gasteiger partial charge in [-0.2, -0.15) is 0 Å². The van der Waals surface area contributed by atoms with Gasteiger partial charge in [-0.3, -0.25) is 0 Å². The lowest BCUT2D eigenvalue weighted by Crippen LogP contribution is -1.85. The molecule has 0 fully saturated rings. The van der Waals surface area contributed by atoms with Gasteiger partial charge >= 0.3 is 0 Å². The zero-order valence-corrected chi connectivity index (χ0v) is 8.50. The minimum atomic E-state index is 1.22. The van der Waals surface area contributed by atoms with Crippen molar-refractivity contribution in [2.75, 3.05) is 0 Å². The fourth-order valence-corrected chi connectivity index (χ4v) is 1.44. The third-order valence-corrected chi connectivity index (χ3v) is 2.21. The second-order valence-corrected chi connectivity index (χ2v) is 3.46. The molecule has 0 nitrogen and oxygen atoms in total. The van der Waals surface area contributed by atoms with Gasteiger partial charge in [0.2, 0.25) is 0 Å². The van der Waals surface area contributed by atoms with E-state index in [1.165, 1.54) is 37.7 Å². The van der Waals surface area contributed by atoms with Crippen molar-refractivity contribution in [3.63, 3.8) is 0 Å². The topological polar surface area (TPSA) is 0 Å². The van der Waals surface area contributed by atoms with Crippen LogP contribution in [-0.2, 0) is 6.42 Å². The average Bonchev–Trinajstić information content (AvgIpc) is 2.19. The molecule has 13 heavy (non-hydrogen) atoms. The lowest BCUT2D eigenvalue weighted by molar-refractivity contribution is 0.752. The quantitative estimate of drug-likeness (QED) is 0.573. The van der Waals surface area contributed by atoms with Gasteiger partial charge in [0.25, 0.3) is 0 Å². The number of hydrogen-bond donors (Lipinski definition) is 0. The van der Waals surface area contributed by atoms with Gasteiger partial charge in [-0.15, -0.1) is 0 Å². The van der Waals surface area contributed by atoms with Gasteiger partial charge in [0.1, 0.15) is 0 Å². The van der Waals surface area contributed by atoms with Crippen molar-refractivity contribution in [2.45, 2.75) is 39.0 Å². The van der Waals surface area contributed by atoms with Crippen molar-refractivity contribution in [2.24, 2.45) is 0 Å². The van der Waals surface area contributed by atoms with Crippen LogP contribution in [0.15, 0.2) is 30.3 Å². The number of rotatable bonds is 6. The highest BCUT2D eigenvalue weighted by molar-refractivity contribution is 5.14. The van der Waals surface area contributed by atoms with E-state index in [4.69, 9.17) is 0 Å². The van der Waals surface area contributed by atoms with Gasteiger partial charge in [0.15, 0.2) is 0 Å². The maximum Gasteiger partial charge on any atom is -0.0279 e. The molecule has 0 N–H and O–H groups in total. The summed E-state index contributed by atoms with van der Waals surface area (Å²) in [6, 6.07) is 10.7. The molecule has 0 aliphatic rings. The van der Waals surface area contributed by atoms with Crippen LogP contribution in [0.3, 0.4) is 0 Å². The molecule has 0 aromatic heterocycles. The van der Waals surface area contributed by atoms with E-state index in [1.54, 1.807) is 0 Å².